The summed E-state index contributed by atoms with van der Waals surface area (Å²) in [5.41, 5.74) is 5.43. The van der Waals surface area contributed by atoms with Crippen LogP contribution < -0.4 is 4.90 Å². The molecular formula is C26H20BrN. The topological polar surface area (TPSA) is 3.24 Å². The standard InChI is InChI=1S/C26H20BrN/c1-3-19-9-13-25(17-20(19)4-2)28(24-15-11-23(27)12-16-24)26-14-10-21-7-5-6-8-22(21)18-26/h3-18H,1-2H2. The summed E-state index contributed by atoms with van der Waals surface area (Å²) in [6.45, 7) is 7.87. The summed E-state index contributed by atoms with van der Waals surface area (Å²) in [5, 5.41) is 2.45. The molecule has 28 heavy (non-hydrogen) atoms. The van der Waals surface area contributed by atoms with Gasteiger partial charge in [-0.15, -0.1) is 0 Å². The largest absolute Gasteiger partial charge is 0.310 e. The minimum absolute atomic E-state index is 1.06. The molecular weight excluding hydrogens is 406 g/mol. The van der Waals surface area contributed by atoms with Gasteiger partial charge >= 0.3 is 0 Å². The molecule has 0 unspecified atom stereocenters. The van der Waals surface area contributed by atoms with E-state index in [1.165, 1.54) is 10.8 Å². The number of anilines is 3. The van der Waals surface area contributed by atoms with Crippen molar-refractivity contribution in [2.75, 3.05) is 4.90 Å². The number of rotatable bonds is 5. The van der Waals surface area contributed by atoms with Crippen molar-refractivity contribution in [3.8, 4) is 0 Å². The van der Waals surface area contributed by atoms with E-state index in [1.807, 2.05) is 12.2 Å². The summed E-state index contributed by atoms with van der Waals surface area (Å²) in [7, 11) is 0. The molecule has 2 heteroatoms. The lowest BCUT2D eigenvalue weighted by Gasteiger charge is -2.26. The van der Waals surface area contributed by atoms with Crippen molar-refractivity contribution in [1.29, 1.82) is 0 Å². The third kappa shape index (κ3) is 3.51. The van der Waals surface area contributed by atoms with Crippen LogP contribution in [0.5, 0.6) is 0 Å². The van der Waals surface area contributed by atoms with Gasteiger partial charge in [-0.25, -0.2) is 0 Å². The smallest absolute Gasteiger partial charge is 0.0468 e. The van der Waals surface area contributed by atoms with Crippen molar-refractivity contribution in [1.82, 2.24) is 0 Å². The van der Waals surface area contributed by atoms with Gasteiger partial charge < -0.3 is 4.90 Å². The second-order valence-corrected chi connectivity index (χ2v) is 7.48. The predicted molar refractivity (Wildman–Crippen MR) is 127 cm³/mol. The van der Waals surface area contributed by atoms with E-state index in [0.29, 0.717) is 0 Å². The monoisotopic (exact) mass is 425 g/mol. The first-order valence-electron chi connectivity index (χ1n) is 9.13. The van der Waals surface area contributed by atoms with Gasteiger partial charge in [-0.05, 0) is 70.4 Å². The first kappa shape index (κ1) is 18.3. The number of halogens is 1. The summed E-state index contributed by atoms with van der Waals surface area (Å²) >= 11 is 3.54. The second-order valence-electron chi connectivity index (χ2n) is 6.56. The van der Waals surface area contributed by atoms with Crippen LogP contribution in [0, 0.1) is 0 Å². The lowest BCUT2D eigenvalue weighted by molar-refractivity contribution is 1.28. The van der Waals surface area contributed by atoms with E-state index < -0.39 is 0 Å². The lowest BCUT2D eigenvalue weighted by Crippen LogP contribution is -2.10. The third-order valence-corrected chi connectivity index (χ3v) is 5.37. The number of benzene rings is 4. The fraction of sp³-hybridized carbons (Fsp3) is 0. The van der Waals surface area contributed by atoms with Crippen LogP contribution >= 0.6 is 15.9 Å². The highest BCUT2D eigenvalue weighted by molar-refractivity contribution is 9.10. The SMILES string of the molecule is C=Cc1ccc(N(c2ccc(Br)cc2)c2ccc3ccccc3c2)cc1C=C. The molecule has 0 saturated heterocycles. The van der Waals surface area contributed by atoms with Crippen molar-refractivity contribution in [2.45, 2.75) is 0 Å². The van der Waals surface area contributed by atoms with Gasteiger partial charge in [0.1, 0.15) is 0 Å². The Labute approximate surface area is 174 Å². The van der Waals surface area contributed by atoms with Crippen molar-refractivity contribution < 1.29 is 0 Å². The van der Waals surface area contributed by atoms with Gasteiger partial charge in [0.05, 0.1) is 0 Å². The van der Waals surface area contributed by atoms with Crippen LogP contribution in [0.4, 0.5) is 17.1 Å². The van der Waals surface area contributed by atoms with Crippen molar-refractivity contribution in [3.63, 3.8) is 0 Å². The van der Waals surface area contributed by atoms with Gasteiger partial charge in [0, 0.05) is 21.5 Å². The molecule has 0 radical (unpaired) electrons. The van der Waals surface area contributed by atoms with Crippen LogP contribution in [0.3, 0.4) is 0 Å². The third-order valence-electron chi connectivity index (χ3n) is 4.84. The Hall–Kier alpha value is -3.10. The van der Waals surface area contributed by atoms with E-state index in [4.69, 9.17) is 0 Å². The average molecular weight is 426 g/mol. The van der Waals surface area contributed by atoms with Gasteiger partial charge in [0.2, 0.25) is 0 Å². The molecule has 0 heterocycles. The van der Waals surface area contributed by atoms with E-state index in [1.54, 1.807) is 0 Å². The van der Waals surface area contributed by atoms with Gasteiger partial charge in [0.25, 0.3) is 0 Å². The molecule has 0 amide bonds. The molecule has 0 bridgehead atoms. The molecule has 0 atom stereocenters. The molecule has 0 aromatic heterocycles. The highest BCUT2D eigenvalue weighted by Crippen LogP contribution is 2.37. The van der Waals surface area contributed by atoms with Gasteiger partial charge in [0.15, 0.2) is 0 Å². The van der Waals surface area contributed by atoms with E-state index >= 15 is 0 Å². The minimum Gasteiger partial charge on any atom is -0.310 e. The molecule has 0 spiro atoms. The van der Waals surface area contributed by atoms with Crippen LogP contribution in [0.2, 0.25) is 0 Å². The summed E-state index contributed by atoms with van der Waals surface area (Å²) in [6.07, 6.45) is 3.74. The molecule has 0 aliphatic carbocycles. The van der Waals surface area contributed by atoms with E-state index in [-0.39, 0.29) is 0 Å². The minimum atomic E-state index is 1.06. The molecule has 0 aliphatic rings. The number of fused-ring (bicyclic) bond motifs is 1. The highest BCUT2D eigenvalue weighted by Gasteiger charge is 2.14. The molecule has 0 N–H and O–H groups in total. The molecule has 4 aromatic rings. The Morgan fingerprint density at radius 1 is 0.607 bits per heavy atom. The summed E-state index contributed by atoms with van der Waals surface area (Å²) < 4.78 is 1.06. The van der Waals surface area contributed by atoms with Crippen molar-refractivity contribution in [2.24, 2.45) is 0 Å². The maximum Gasteiger partial charge on any atom is 0.0468 e. The zero-order chi connectivity index (χ0) is 19.5. The summed E-state index contributed by atoms with van der Waals surface area (Å²) in [5.74, 6) is 0. The summed E-state index contributed by atoms with van der Waals surface area (Å²) in [4.78, 5) is 2.26. The van der Waals surface area contributed by atoms with E-state index in [2.05, 4.69) is 119 Å². The maximum absolute atomic E-state index is 3.97. The van der Waals surface area contributed by atoms with Crippen molar-refractivity contribution >= 4 is 55.9 Å². The fourth-order valence-electron chi connectivity index (χ4n) is 3.42. The van der Waals surface area contributed by atoms with Gasteiger partial charge in [-0.3, -0.25) is 0 Å². The van der Waals surface area contributed by atoms with Crippen molar-refractivity contribution in [3.05, 3.63) is 114 Å². The number of hydrogen-bond acceptors (Lipinski definition) is 1. The Kier molecular flexibility index (Phi) is 5.14. The Morgan fingerprint density at radius 2 is 1.21 bits per heavy atom. The number of hydrogen-bond donors (Lipinski definition) is 0. The molecule has 1 nitrogen and oxygen atoms in total. The average Bonchev–Trinajstić information content (AvgIpc) is 2.75. The van der Waals surface area contributed by atoms with Crippen LogP contribution in [-0.4, -0.2) is 0 Å². The molecule has 136 valence electrons. The highest BCUT2D eigenvalue weighted by atomic mass is 79.9. The lowest BCUT2D eigenvalue weighted by atomic mass is 10.0. The Balaban J connectivity index is 1.92. The normalized spacial score (nSPS) is 10.6. The number of nitrogens with zero attached hydrogens (tertiary/aromatic N) is 1. The fourth-order valence-corrected chi connectivity index (χ4v) is 3.68. The maximum atomic E-state index is 3.97. The zero-order valence-corrected chi connectivity index (χ0v) is 17.1. The molecule has 0 saturated carbocycles. The summed E-state index contributed by atoms with van der Waals surface area (Å²) in [6, 6.07) is 29.7. The van der Waals surface area contributed by atoms with Crippen LogP contribution in [-0.2, 0) is 0 Å². The molecule has 4 aromatic carbocycles. The van der Waals surface area contributed by atoms with Crippen LogP contribution in [0.15, 0.2) is 103 Å². The van der Waals surface area contributed by atoms with Crippen LogP contribution in [0.25, 0.3) is 22.9 Å². The Bertz CT molecular complexity index is 1160. The molecule has 4 rings (SSSR count). The first-order valence-corrected chi connectivity index (χ1v) is 9.92. The molecule has 0 fully saturated rings. The van der Waals surface area contributed by atoms with Crippen LogP contribution in [0.1, 0.15) is 11.1 Å². The second kappa shape index (κ2) is 7.87. The zero-order valence-electron chi connectivity index (χ0n) is 15.5. The quantitative estimate of drug-likeness (QED) is 0.310. The van der Waals surface area contributed by atoms with E-state index in [9.17, 15) is 0 Å². The van der Waals surface area contributed by atoms with E-state index in [0.717, 1.165) is 32.7 Å². The van der Waals surface area contributed by atoms with Gasteiger partial charge in [-0.1, -0.05) is 77.6 Å². The van der Waals surface area contributed by atoms with Gasteiger partial charge in [-0.2, -0.15) is 0 Å². The molecule has 0 aliphatic heterocycles. The first-order chi connectivity index (χ1) is 13.7. The Morgan fingerprint density at radius 3 is 1.93 bits per heavy atom. The predicted octanol–water partition coefficient (Wildman–Crippen LogP) is 8.36.